The molecule has 2 aromatic heterocycles. The molecule has 0 unspecified atom stereocenters. The number of urea groups is 1. The first-order valence-corrected chi connectivity index (χ1v) is 10.3. The molecule has 3 N–H and O–H groups in total. The monoisotopic (exact) mass is 504 g/mol. The number of aromatic nitrogens is 3. The van der Waals surface area contributed by atoms with Crippen molar-refractivity contribution in [1.82, 2.24) is 19.5 Å². The molecule has 0 aliphatic carbocycles. The number of nitrogens with zero attached hydrogens (tertiary/aromatic N) is 4. The minimum Gasteiger partial charge on any atom is -0.369 e. The topological polar surface area (TPSA) is 88.6 Å². The molecule has 3 heterocycles. The van der Waals surface area contributed by atoms with Gasteiger partial charge in [-0.25, -0.2) is 14.2 Å². The SMILES string of the molecule is C[C@@](CNc1cc(C(F)(F)F)nc2cc(C(F)(F)F)nn12)(c1ccc(F)cc1)C1CN(C(N)=O)C1. The summed E-state index contributed by atoms with van der Waals surface area (Å²) in [6.07, 6.45) is -9.81. The second-order valence-corrected chi connectivity index (χ2v) is 8.54. The summed E-state index contributed by atoms with van der Waals surface area (Å²) in [7, 11) is 0. The first-order chi connectivity index (χ1) is 16.2. The van der Waals surface area contributed by atoms with Crippen LogP contribution in [0.1, 0.15) is 23.9 Å². The zero-order valence-corrected chi connectivity index (χ0v) is 18.1. The first-order valence-electron chi connectivity index (χ1n) is 10.3. The van der Waals surface area contributed by atoms with E-state index in [1.807, 2.05) is 0 Å². The number of hydrogen-bond donors (Lipinski definition) is 2. The number of carbonyl (C=O) groups excluding carboxylic acids is 1. The van der Waals surface area contributed by atoms with Gasteiger partial charge < -0.3 is 16.0 Å². The summed E-state index contributed by atoms with van der Waals surface area (Å²) in [5.74, 6) is -1.09. The second kappa shape index (κ2) is 8.27. The van der Waals surface area contributed by atoms with Crippen LogP contribution in [0.5, 0.6) is 0 Å². The second-order valence-electron chi connectivity index (χ2n) is 8.54. The average Bonchev–Trinajstić information content (AvgIpc) is 3.15. The Morgan fingerprint density at radius 1 is 1.06 bits per heavy atom. The zero-order chi connectivity index (χ0) is 25.8. The highest BCUT2D eigenvalue weighted by molar-refractivity contribution is 5.73. The molecule has 35 heavy (non-hydrogen) atoms. The van der Waals surface area contributed by atoms with Gasteiger partial charge in [-0.1, -0.05) is 19.1 Å². The van der Waals surface area contributed by atoms with Gasteiger partial charge in [-0.2, -0.15) is 36.0 Å². The number of anilines is 1. The molecule has 7 nitrogen and oxygen atoms in total. The maximum Gasteiger partial charge on any atom is 0.435 e. The third-order valence-electron chi connectivity index (χ3n) is 6.24. The molecular weight excluding hydrogens is 485 g/mol. The van der Waals surface area contributed by atoms with Crippen LogP contribution in [0.2, 0.25) is 0 Å². The molecule has 188 valence electrons. The van der Waals surface area contributed by atoms with E-state index >= 15 is 0 Å². The molecule has 3 aromatic rings. The van der Waals surface area contributed by atoms with Crippen LogP contribution in [-0.2, 0) is 17.8 Å². The van der Waals surface area contributed by atoms with Crippen molar-refractivity contribution in [3.8, 4) is 0 Å². The van der Waals surface area contributed by atoms with Crippen LogP contribution in [0.3, 0.4) is 0 Å². The molecular formula is C21H19F7N6O. The Bertz CT molecular complexity index is 1250. The largest absolute Gasteiger partial charge is 0.435 e. The number of likely N-dealkylation sites (tertiary alicyclic amines) is 1. The molecule has 2 amide bonds. The maximum atomic E-state index is 13.5. The smallest absolute Gasteiger partial charge is 0.369 e. The Hall–Kier alpha value is -3.58. The fraction of sp³-hybridized carbons (Fsp3) is 0.381. The summed E-state index contributed by atoms with van der Waals surface area (Å²) in [6.45, 7) is 2.16. The van der Waals surface area contributed by atoms with Gasteiger partial charge in [0.25, 0.3) is 0 Å². The van der Waals surface area contributed by atoms with Gasteiger partial charge in [0.1, 0.15) is 11.6 Å². The summed E-state index contributed by atoms with van der Waals surface area (Å²) < 4.78 is 93.9. The lowest BCUT2D eigenvalue weighted by atomic mass is 9.68. The summed E-state index contributed by atoms with van der Waals surface area (Å²) in [5.41, 5.74) is 1.60. The van der Waals surface area contributed by atoms with Crippen molar-refractivity contribution >= 4 is 17.5 Å². The van der Waals surface area contributed by atoms with E-state index < -0.39 is 46.7 Å². The van der Waals surface area contributed by atoms with Crippen molar-refractivity contribution in [2.75, 3.05) is 25.0 Å². The zero-order valence-electron chi connectivity index (χ0n) is 18.1. The van der Waals surface area contributed by atoms with Crippen molar-refractivity contribution in [2.24, 2.45) is 11.7 Å². The molecule has 1 atom stereocenters. The highest BCUT2D eigenvalue weighted by Gasteiger charge is 2.45. The number of rotatable bonds is 5. The molecule has 0 bridgehead atoms. The Morgan fingerprint density at radius 3 is 2.20 bits per heavy atom. The van der Waals surface area contributed by atoms with E-state index in [1.54, 1.807) is 6.92 Å². The number of fused-ring (bicyclic) bond motifs is 1. The normalized spacial score (nSPS) is 16.7. The van der Waals surface area contributed by atoms with Crippen molar-refractivity contribution in [3.05, 3.63) is 59.2 Å². The summed E-state index contributed by atoms with van der Waals surface area (Å²) in [6, 6.07) is 5.79. The number of primary amides is 1. The quantitative estimate of drug-likeness (QED) is 0.508. The highest BCUT2D eigenvalue weighted by Crippen LogP contribution is 2.39. The Kier molecular flexibility index (Phi) is 5.80. The minimum atomic E-state index is -4.92. The Labute approximate surface area is 193 Å². The molecule has 14 heteroatoms. The lowest BCUT2D eigenvalue weighted by Gasteiger charge is -2.49. The van der Waals surface area contributed by atoms with E-state index in [-0.39, 0.29) is 31.4 Å². The number of nitrogens with one attached hydrogen (secondary N) is 1. The van der Waals surface area contributed by atoms with Crippen LogP contribution in [-0.4, -0.2) is 45.2 Å². The van der Waals surface area contributed by atoms with Crippen LogP contribution in [0.15, 0.2) is 36.4 Å². The molecule has 0 radical (unpaired) electrons. The number of nitrogens with two attached hydrogens (primary N) is 1. The van der Waals surface area contributed by atoms with Gasteiger partial charge in [0.2, 0.25) is 0 Å². The molecule has 1 aliphatic rings. The van der Waals surface area contributed by atoms with Crippen molar-refractivity contribution < 1.29 is 35.5 Å². The van der Waals surface area contributed by atoms with Crippen LogP contribution in [0.25, 0.3) is 5.65 Å². The predicted molar refractivity (Wildman–Crippen MR) is 110 cm³/mol. The van der Waals surface area contributed by atoms with Gasteiger partial charge >= 0.3 is 18.4 Å². The summed E-state index contributed by atoms with van der Waals surface area (Å²) in [4.78, 5) is 16.1. The third-order valence-corrected chi connectivity index (χ3v) is 6.24. The number of benzene rings is 1. The molecule has 1 aromatic carbocycles. The van der Waals surface area contributed by atoms with E-state index in [4.69, 9.17) is 5.73 Å². The summed E-state index contributed by atoms with van der Waals surface area (Å²) >= 11 is 0. The fourth-order valence-corrected chi connectivity index (χ4v) is 4.03. The van der Waals surface area contributed by atoms with Crippen LogP contribution < -0.4 is 11.1 Å². The van der Waals surface area contributed by atoms with Crippen LogP contribution in [0, 0.1) is 11.7 Å². The summed E-state index contributed by atoms with van der Waals surface area (Å²) in [5, 5.41) is 6.16. The standard InChI is InChI=1S/C21H19F7N6O/c1-19(11-2-4-13(22)5-3-11,12-8-33(9-12)18(29)35)10-30-16-6-14(20(23,24)25)31-17-7-15(21(26,27)28)32-34(16)17/h2-7,12,30H,8-10H2,1H3,(H2,29,35)/t19-/m1/s1. The van der Waals surface area contributed by atoms with Gasteiger partial charge in [-0.05, 0) is 17.7 Å². The average molecular weight is 504 g/mol. The van der Waals surface area contributed by atoms with Gasteiger partial charge in [-0.3, -0.25) is 0 Å². The van der Waals surface area contributed by atoms with E-state index in [2.05, 4.69) is 15.4 Å². The highest BCUT2D eigenvalue weighted by atomic mass is 19.4. The van der Waals surface area contributed by atoms with Crippen LogP contribution >= 0.6 is 0 Å². The predicted octanol–water partition coefficient (Wildman–Crippen LogP) is 4.29. The third kappa shape index (κ3) is 4.68. The van der Waals surface area contributed by atoms with Crippen molar-refractivity contribution in [2.45, 2.75) is 24.7 Å². The van der Waals surface area contributed by atoms with Gasteiger partial charge in [0.15, 0.2) is 17.0 Å². The van der Waals surface area contributed by atoms with E-state index in [0.29, 0.717) is 22.2 Å². The maximum absolute atomic E-state index is 13.5. The lowest BCUT2D eigenvalue weighted by molar-refractivity contribution is -0.142. The number of carbonyl (C=O) groups is 1. The molecule has 1 fully saturated rings. The van der Waals surface area contributed by atoms with Crippen LogP contribution in [0.4, 0.5) is 41.3 Å². The van der Waals surface area contributed by atoms with Crippen molar-refractivity contribution in [1.29, 1.82) is 0 Å². The Morgan fingerprint density at radius 2 is 1.66 bits per heavy atom. The lowest BCUT2D eigenvalue weighted by Crippen LogP contribution is -2.60. The fourth-order valence-electron chi connectivity index (χ4n) is 4.03. The molecule has 0 saturated carbocycles. The Balaban J connectivity index is 1.73. The van der Waals surface area contributed by atoms with E-state index in [9.17, 15) is 35.5 Å². The number of hydrogen-bond acceptors (Lipinski definition) is 4. The molecule has 1 saturated heterocycles. The molecule has 4 rings (SSSR count). The van der Waals surface area contributed by atoms with E-state index in [0.717, 1.165) is 0 Å². The number of halogens is 7. The number of amides is 2. The molecule has 1 aliphatic heterocycles. The van der Waals surface area contributed by atoms with Crippen molar-refractivity contribution in [3.63, 3.8) is 0 Å². The van der Waals surface area contributed by atoms with E-state index in [1.165, 1.54) is 29.2 Å². The minimum absolute atomic E-state index is 0.0759. The van der Waals surface area contributed by atoms with Gasteiger partial charge in [0.05, 0.1) is 0 Å². The van der Waals surface area contributed by atoms with Gasteiger partial charge in [-0.15, -0.1) is 0 Å². The van der Waals surface area contributed by atoms with Gasteiger partial charge in [0, 0.05) is 43.1 Å². The number of alkyl halides is 6. The first kappa shape index (κ1) is 24.5. The molecule has 0 spiro atoms.